The molecule has 2 heterocycles. The Morgan fingerprint density at radius 1 is 1.28 bits per heavy atom. The number of rotatable bonds is 5. The summed E-state index contributed by atoms with van der Waals surface area (Å²) in [4.78, 5) is 27.4. The Labute approximate surface area is 165 Å². The Balaban J connectivity index is 2.13. The lowest BCUT2D eigenvalue weighted by Gasteiger charge is -2.11. The molecule has 0 aliphatic heterocycles. The number of carbonyl (C=O) groups is 2. The maximum Gasteiger partial charge on any atom is 0.255 e. The Kier molecular flexibility index (Phi) is 4.58. The summed E-state index contributed by atoms with van der Waals surface area (Å²) in [6.07, 6.45) is 2.17. The number of fused-ring (bicyclic) bond motifs is 3. The van der Waals surface area contributed by atoms with Gasteiger partial charge in [0, 0.05) is 29.8 Å². The molecule has 0 atom stereocenters. The van der Waals surface area contributed by atoms with E-state index < -0.39 is 5.82 Å². The number of ether oxygens (including phenoxy) is 1. The number of halogens is 1. The van der Waals surface area contributed by atoms with Crippen molar-refractivity contribution in [2.24, 2.45) is 0 Å². The highest BCUT2D eigenvalue weighted by molar-refractivity contribution is 6.20. The van der Waals surface area contributed by atoms with Crippen LogP contribution < -0.4 is 10.1 Å². The second-order valence-corrected chi connectivity index (χ2v) is 6.92. The predicted octanol–water partition coefficient (Wildman–Crippen LogP) is 4.68. The number of hydrogen-bond acceptors (Lipinski definition) is 4. The molecule has 0 saturated carbocycles. The highest BCUT2D eigenvalue weighted by Gasteiger charge is 2.26. The van der Waals surface area contributed by atoms with Gasteiger partial charge in [0.15, 0.2) is 6.29 Å². The minimum absolute atomic E-state index is 0.120. The summed E-state index contributed by atoms with van der Waals surface area (Å²) in [7, 11) is 1.52. The van der Waals surface area contributed by atoms with Crippen LogP contribution in [-0.4, -0.2) is 30.3 Å². The standard InChI is InChI=1S/C22H19FN2O4/c1-11(2)28-16-8-15-18(22(27)24-3)20(12-4-6-14(23)7-5-12)29-21(15)17-13(10-26)9-25-19(16)17/h4-11,25H,1-3H3,(H,24,27). The number of carbonyl (C=O) groups excluding carboxylic acids is 2. The number of H-pyrrole nitrogens is 1. The van der Waals surface area contributed by atoms with Crippen LogP contribution in [0.1, 0.15) is 34.6 Å². The van der Waals surface area contributed by atoms with Crippen molar-refractivity contribution in [3.05, 3.63) is 53.5 Å². The normalized spacial score (nSPS) is 11.3. The molecular formula is C22H19FN2O4. The van der Waals surface area contributed by atoms with Gasteiger partial charge in [0.1, 0.15) is 22.9 Å². The number of aldehydes is 1. The smallest absolute Gasteiger partial charge is 0.255 e. The van der Waals surface area contributed by atoms with Gasteiger partial charge in [0.25, 0.3) is 5.91 Å². The average Bonchev–Trinajstić information content (AvgIpc) is 3.29. The van der Waals surface area contributed by atoms with E-state index in [1.165, 1.54) is 19.2 Å². The van der Waals surface area contributed by atoms with Crippen molar-refractivity contribution in [3.63, 3.8) is 0 Å². The predicted molar refractivity (Wildman–Crippen MR) is 108 cm³/mol. The molecule has 2 aromatic heterocycles. The van der Waals surface area contributed by atoms with E-state index in [9.17, 15) is 14.0 Å². The van der Waals surface area contributed by atoms with Crippen molar-refractivity contribution < 1.29 is 23.1 Å². The number of furan rings is 1. The zero-order chi connectivity index (χ0) is 20.7. The fourth-order valence-corrected chi connectivity index (χ4v) is 3.44. The van der Waals surface area contributed by atoms with Gasteiger partial charge in [0.2, 0.25) is 0 Å². The van der Waals surface area contributed by atoms with Gasteiger partial charge < -0.3 is 19.5 Å². The molecule has 6 nitrogen and oxygen atoms in total. The number of hydrogen-bond donors (Lipinski definition) is 2. The monoisotopic (exact) mass is 394 g/mol. The van der Waals surface area contributed by atoms with Crippen LogP contribution in [0.4, 0.5) is 4.39 Å². The summed E-state index contributed by atoms with van der Waals surface area (Å²) in [5.74, 6) is 0.0453. The largest absolute Gasteiger partial charge is 0.489 e. The molecule has 29 heavy (non-hydrogen) atoms. The molecule has 1 amide bonds. The number of benzene rings is 2. The maximum atomic E-state index is 13.4. The summed E-state index contributed by atoms with van der Waals surface area (Å²) < 4.78 is 25.4. The summed E-state index contributed by atoms with van der Waals surface area (Å²) in [6.45, 7) is 3.77. The van der Waals surface area contributed by atoms with E-state index in [1.54, 1.807) is 24.4 Å². The second kappa shape index (κ2) is 7.09. The summed E-state index contributed by atoms with van der Waals surface area (Å²) in [6, 6.07) is 7.40. The topological polar surface area (TPSA) is 84.3 Å². The molecule has 7 heteroatoms. The fourth-order valence-electron chi connectivity index (χ4n) is 3.44. The van der Waals surface area contributed by atoms with E-state index in [0.29, 0.717) is 50.1 Å². The molecule has 0 spiro atoms. The molecule has 0 aliphatic rings. The van der Waals surface area contributed by atoms with Crippen molar-refractivity contribution in [1.82, 2.24) is 10.3 Å². The van der Waals surface area contributed by atoms with E-state index in [2.05, 4.69) is 10.3 Å². The second-order valence-electron chi connectivity index (χ2n) is 6.92. The first-order chi connectivity index (χ1) is 13.9. The van der Waals surface area contributed by atoms with Gasteiger partial charge in [-0.05, 0) is 44.2 Å². The van der Waals surface area contributed by atoms with Gasteiger partial charge >= 0.3 is 0 Å². The lowest BCUT2D eigenvalue weighted by atomic mass is 10.0. The fraction of sp³-hybridized carbons (Fsp3) is 0.182. The maximum absolute atomic E-state index is 13.4. The van der Waals surface area contributed by atoms with Crippen LogP contribution in [0.25, 0.3) is 33.2 Å². The first kappa shape index (κ1) is 18.7. The summed E-state index contributed by atoms with van der Waals surface area (Å²) >= 11 is 0. The lowest BCUT2D eigenvalue weighted by molar-refractivity contribution is 0.0964. The van der Waals surface area contributed by atoms with Gasteiger partial charge in [0.05, 0.1) is 22.6 Å². The summed E-state index contributed by atoms with van der Waals surface area (Å²) in [5.41, 5.74) is 2.22. The van der Waals surface area contributed by atoms with Crippen LogP contribution in [0.5, 0.6) is 5.75 Å². The van der Waals surface area contributed by atoms with Gasteiger partial charge in [-0.25, -0.2) is 4.39 Å². The first-order valence-corrected chi connectivity index (χ1v) is 9.15. The van der Waals surface area contributed by atoms with Crippen LogP contribution in [0.3, 0.4) is 0 Å². The molecule has 4 aromatic rings. The van der Waals surface area contributed by atoms with Gasteiger partial charge in [-0.15, -0.1) is 0 Å². The molecule has 0 saturated heterocycles. The lowest BCUT2D eigenvalue weighted by Crippen LogP contribution is -2.18. The number of aromatic nitrogens is 1. The number of nitrogens with one attached hydrogen (secondary N) is 2. The zero-order valence-corrected chi connectivity index (χ0v) is 16.1. The molecule has 4 rings (SSSR count). The number of amides is 1. The minimum atomic E-state index is -0.393. The Hall–Kier alpha value is -3.61. The van der Waals surface area contributed by atoms with Gasteiger partial charge in [-0.1, -0.05) is 0 Å². The van der Waals surface area contributed by atoms with E-state index in [1.807, 2.05) is 13.8 Å². The Bertz CT molecular complexity index is 1240. The molecule has 0 fully saturated rings. The average molecular weight is 394 g/mol. The van der Waals surface area contributed by atoms with Crippen LogP contribution in [0.15, 0.2) is 40.9 Å². The molecule has 2 aromatic carbocycles. The van der Waals surface area contributed by atoms with Gasteiger partial charge in [-0.2, -0.15) is 0 Å². The molecule has 0 unspecified atom stereocenters. The van der Waals surface area contributed by atoms with E-state index in [-0.39, 0.29) is 12.0 Å². The van der Waals surface area contributed by atoms with Crippen LogP contribution in [0, 0.1) is 5.82 Å². The third-order valence-electron chi connectivity index (χ3n) is 4.65. The summed E-state index contributed by atoms with van der Waals surface area (Å²) in [5, 5.41) is 3.66. The number of aromatic amines is 1. The third kappa shape index (κ3) is 3.04. The molecule has 0 radical (unpaired) electrons. The minimum Gasteiger partial charge on any atom is -0.489 e. The molecular weight excluding hydrogens is 375 g/mol. The molecule has 148 valence electrons. The van der Waals surface area contributed by atoms with E-state index in [4.69, 9.17) is 9.15 Å². The SMILES string of the molecule is CNC(=O)c1c(-c2ccc(F)cc2)oc2c1cc(OC(C)C)c1[nH]cc(C=O)c12. The Morgan fingerprint density at radius 2 is 2.00 bits per heavy atom. The highest BCUT2D eigenvalue weighted by atomic mass is 19.1. The zero-order valence-electron chi connectivity index (χ0n) is 16.1. The van der Waals surface area contributed by atoms with Crippen LogP contribution in [-0.2, 0) is 0 Å². The van der Waals surface area contributed by atoms with Crippen molar-refractivity contribution in [3.8, 4) is 17.1 Å². The van der Waals surface area contributed by atoms with E-state index >= 15 is 0 Å². The van der Waals surface area contributed by atoms with Crippen LogP contribution >= 0.6 is 0 Å². The van der Waals surface area contributed by atoms with Crippen molar-refractivity contribution in [2.45, 2.75) is 20.0 Å². The van der Waals surface area contributed by atoms with Gasteiger partial charge in [-0.3, -0.25) is 9.59 Å². The molecule has 0 bridgehead atoms. The third-order valence-corrected chi connectivity index (χ3v) is 4.65. The van der Waals surface area contributed by atoms with Crippen molar-refractivity contribution >= 4 is 34.1 Å². The quantitative estimate of drug-likeness (QED) is 0.482. The Morgan fingerprint density at radius 3 is 2.62 bits per heavy atom. The molecule has 0 aliphatic carbocycles. The highest BCUT2D eigenvalue weighted by Crippen LogP contribution is 2.42. The van der Waals surface area contributed by atoms with Crippen molar-refractivity contribution in [1.29, 1.82) is 0 Å². The van der Waals surface area contributed by atoms with Crippen molar-refractivity contribution in [2.75, 3.05) is 7.05 Å². The first-order valence-electron chi connectivity index (χ1n) is 9.15. The molecule has 2 N–H and O–H groups in total. The van der Waals surface area contributed by atoms with E-state index in [0.717, 1.165) is 6.29 Å². The van der Waals surface area contributed by atoms with Crippen LogP contribution in [0.2, 0.25) is 0 Å².